The van der Waals surface area contributed by atoms with Crippen LogP contribution in [0, 0.1) is 64.1 Å². The molecule has 0 amide bonds. The van der Waals surface area contributed by atoms with Crippen LogP contribution in [0.2, 0.25) is 0 Å². The number of nitrogens with zero attached hydrogens (tertiary/aromatic N) is 2. The van der Waals surface area contributed by atoms with E-state index in [2.05, 4.69) is 32.8 Å². The lowest BCUT2D eigenvalue weighted by Gasteiger charge is -2.70. The number of carboxylic acids is 1. The van der Waals surface area contributed by atoms with Crippen molar-refractivity contribution in [2.24, 2.45) is 50.2 Å². The Morgan fingerprint density at radius 1 is 0.980 bits per heavy atom. The molecule has 0 saturated heterocycles. The molecule has 0 aromatic carbocycles. The number of aryl methyl sites for hydroxylation is 2. The predicted molar refractivity (Wildman–Crippen MR) is 179 cm³/mol. The van der Waals surface area contributed by atoms with Gasteiger partial charge in [0.2, 0.25) is 0 Å². The largest absolute Gasteiger partial charge is 0.519 e. The quantitative estimate of drug-likeness (QED) is 0.321. The van der Waals surface area contributed by atoms with Crippen molar-refractivity contribution in [3.8, 4) is 0 Å². The Morgan fingerprint density at radius 3 is 2.33 bits per heavy atom. The Bertz CT molecular complexity index is 1820. The third-order valence-electron chi connectivity index (χ3n) is 15.4. The molecule has 0 spiro atoms. The number of aliphatic carboxylic acids is 1. The van der Waals surface area contributed by atoms with Crippen LogP contribution in [-0.2, 0) is 25.7 Å². The summed E-state index contributed by atoms with van der Waals surface area (Å²) in [4.78, 5) is 53.6. The van der Waals surface area contributed by atoms with E-state index in [1.807, 2.05) is 37.7 Å². The summed E-state index contributed by atoms with van der Waals surface area (Å²) in [6.45, 7) is 16.4. The second-order valence-electron chi connectivity index (χ2n) is 17.9. The van der Waals surface area contributed by atoms with E-state index in [1.165, 1.54) is 5.57 Å². The molecule has 4 saturated carbocycles. The van der Waals surface area contributed by atoms with E-state index in [1.54, 1.807) is 13.1 Å². The van der Waals surface area contributed by atoms with Crippen LogP contribution in [0.15, 0.2) is 37.7 Å². The van der Waals surface area contributed by atoms with Gasteiger partial charge in [-0.1, -0.05) is 33.3 Å². The van der Waals surface area contributed by atoms with E-state index in [0.717, 1.165) is 44.1 Å². The SMILES string of the molecule is Cc1cnn([C@H]2CC[C@@]3(C)C(CC[C@]4(C)[C@@H]3C(=O)C=C3[C@@H]5C[C@@](C)(C(=O)O)CC[C@]5(C)CC[C@]34C)[C@]2(C)C(=O)OCc2oc(=O)oc2C)c1. The molecule has 2 aromatic rings. The number of esters is 1. The summed E-state index contributed by atoms with van der Waals surface area (Å²) < 4.78 is 18.1. The molecule has 0 bridgehead atoms. The molecule has 2 aromatic heterocycles. The first-order valence-corrected chi connectivity index (χ1v) is 18.1. The van der Waals surface area contributed by atoms with Gasteiger partial charge in [0.15, 0.2) is 23.9 Å². The molecular formula is C39H52N2O8. The first kappa shape index (κ1) is 34.0. The minimum atomic E-state index is -1.03. The number of hydrogen-bond donors (Lipinski definition) is 1. The molecule has 0 aliphatic heterocycles. The van der Waals surface area contributed by atoms with E-state index in [4.69, 9.17) is 13.6 Å². The highest BCUT2D eigenvalue weighted by molar-refractivity contribution is 5.96. The number of fused-ring (bicyclic) bond motifs is 7. The minimum Gasteiger partial charge on any atom is -0.481 e. The van der Waals surface area contributed by atoms with Crippen LogP contribution in [0.1, 0.15) is 122 Å². The Hall–Kier alpha value is -3.43. The molecule has 1 unspecified atom stereocenters. The summed E-state index contributed by atoms with van der Waals surface area (Å²) in [6.07, 6.45) is 12.6. The summed E-state index contributed by atoms with van der Waals surface area (Å²) in [5.74, 6) is -1.87. The summed E-state index contributed by atoms with van der Waals surface area (Å²) in [7, 11) is 0. The highest BCUT2D eigenvalue weighted by atomic mass is 16.6. The average molecular weight is 677 g/mol. The van der Waals surface area contributed by atoms with E-state index in [0.29, 0.717) is 19.3 Å². The summed E-state index contributed by atoms with van der Waals surface area (Å²) >= 11 is 0. The molecule has 5 aliphatic rings. The molecule has 7 rings (SSSR count). The average Bonchev–Trinajstić information content (AvgIpc) is 3.60. The monoisotopic (exact) mass is 676 g/mol. The Labute approximate surface area is 288 Å². The molecule has 49 heavy (non-hydrogen) atoms. The van der Waals surface area contributed by atoms with Crippen molar-refractivity contribution >= 4 is 17.7 Å². The van der Waals surface area contributed by atoms with E-state index >= 15 is 0 Å². The number of carboxylic acid groups (broad SMARTS) is 1. The fourth-order valence-corrected chi connectivity index (χ4v) is 12.1. The van der Waals surface area contributed by atoms with Crippen molar-refractivity contribution in [2.75, 3.05) is 0 Å². The minimum absolute atomic E-state index is 0.0281. The number of carbonyl (C=O) groups is 3. The number of carbonyl (C=O) groups excluding carboxylic acids is 2. The molecule has 10 nitrogen and oxygen atoms in total. The van der Waals surface area contributed by atoms with Crippen molar-refractivity contribution in [3.05, 3.63) is 51.7 Å². The molecule has 10 atom stereocenters. The van der Waals surface area contributed by atoms with Gasteiger partial charge in [0.05, 0.1) is 23.1 Å². The highest BCUT2D eigenvalue weighted by Crippen LogP contribution is 2.76. The number of ketones is 1. The Morgan fingerprint density at radius 2 is 1.69 bits per heavy atom. The first-order chi connectivity index (χ1) is 22.8. The maximum Gasteiger partial charge on any atom is 0.519 e. The number of hydrogen-bond acceptors (Lipinski definition) is 8. The third-order valence-corrected chi connectivity index (χ3v) is 15.4. The van der Waals surface area contributed by atoms with Gasteiger partial charge in [-0.05, 0) is 131 Å². The van der Waals surface area contributed by atoms with Crippen molar-refractivity contribution in [3.63, 3.8) is 0 Å². The maximum absolute atomic E-state index is 14.9. The van der Waals surface area contributed by atoms with Gasteiger partial charge in [-0.3, -0.25) is 19.1 Å². The fourth-order valence-electron chi connectivity index (χ4n) is 12.1. The van der Waals surface area contributed by atoms with Crippen molar-refractivity contribution in [1.82, 2.24) is 9.78 Å². The lowest BCUT2D eigenvalue weighted by molar-refractivity contribution is -0.209. The lowest BCUT2D eigenvalue weighted by Crippen LogP contribution is -2.67. The number of rotatable bonds is 5. The maximum atomic E-state index is 14.9. The number of allylic oxidation sites excluding steroid dienone is 2. The van der Waals surface area contributed by atoms with Gasteiger partial charge in [-0.25, -0.2) is 4.79 Å². The van der Waals surface area contributed by atoms with Crippen LogP contribution in [0.5, 0.6) is 0 Å². The van der Waals surface area contributed by atoms with Gasteiger partial charge < -0.3 is 18.7 Å². The number of aromatic nitrogens is 2. The van der Waals surface area contributed by atoms with Gasteiger partial charge in [-0.2, -0.15) is 5.10 Å². The van der Waals surface area contributed by atoms with Gasteiger partial charge >= 0.3 is 17.8 Å². The molecule has 4 fully saturated rings. The lowest BCUT2D eigenvalue weighted by atomic mass is 9.33. The van der Waals surface area contributed by atoms with Crippen LogP contribution in [-0.4, -0.2) is 32.6 Å². The van der Waals surface area contributed by atoms with Crippen LogP contribution < -0.4 is 5.82 Å². The van der Waals surface area contributed by atoms with E-state index < -0.39 is 34.0 Å². The van der Waals surface area contributed by atoms with Crippen LogP contribution in [0.4, 0.5) is 0 Å². The fraction of sp³-hybridized carbons (Fsp3) is 0.718. The molecule has 5 aliphatic carbocycles. The zero-order valence-electron chi connectivity index (χ0n) is 30.3. The van der Waals surface area contributed by atoms with Crippen LogP contribution in [0.3, 0.4) is 0 Å². The van der Waals surface area contributed by atoms with Crippen LogP contribution in [0.25, 0.3) is 0 Å². The van der Waals surface area contributed by atoms with Crippen molar-refractivity contribution < 1.29 is 33.1 Å². The summed E-state index contributed by atoms with van der Waals surface area (Å²) in [5.41, 5.74) is -0.861. The van der Waals surface area contributed by atoms with Crippen LogP contribution >= 0.6 is 0 Å². The van der Waals surface area contributed by atoms with Gasteiger partial charge in [0.1, 0.15) is 0 Å². The van der Waals surface area contributed by atoms with Crippen molar-refractivity contribution in [2.45, 2.75) is 126 Å². The van der Waals surface area contributed by atoms with Crippen molar-refractivity contribution in [1.29, 1.82) is 0 Å². The molecular weight excluding hydrogens is 624 g/mol. The second-order valence-corrected chi connectivity index (χ2v) is 17.9. The molecule has 0 radical (unpaired) electrons. The second kappa shape index (κ2) is 10.8. The molecule has 2 heterocycles. The standard InChI is InChI=1S/C39H52N2O8/c1-22-19-40-41(20-22)29-10-11-36(5)28(39(29,8)32(45)47-21-27-23(2)48-33(46)49-27)9-12-38(7)30(36)26(42)17-24-25-18-35(4,31(43)44)14-13-34(25,3)15-16-37(24,38)6/h17,19-20,25,28-30H,9-16,18,21H2,1-8H3,(H,43,44)/t25-,28?,29-,30+,34+,35-,36-,37+,38+,39-/m0/s1. The first-order valence-electron chi connectivity index (χ1n) is 18.1. The van der Waals surface area contributed by atoms with Gasteiger partial charge in [-0.15, -0.1) is 0 Å². The Kier molecular flexibility index (Phi) is 7.49. The number of ether oxygens (including phenoxy) is 1. The smallest absolute Gasteiger partial charge is 0.481 e. The predicted octanol–water partition coefficient (Wildman–Crippen LogP) is 7.38. The third kappa shape index (κ3) is 4.60. The van der Waals surface area contributed by atoms with E-state index in [-0.39, 0.29) is 64.0 Å². The summed E-state index contributed by atoms with van der Waals surface area (Å²) in [5, 5.41) is 14.9. The zero-order chi connectivity index (χ0) is 35.5. The molecule has 1 N–H and O–H groups in total. The Balaban J connectivity index is 1.29. The zero-order valence-corrected chi connectivity index (χ0v) is 30.3. The van der Waals surface area contributed by atoms with Gasteiger partial charge in [0.25, 0.3) is 0 Å². The normalized spacial score (nSPS) is 43.0. The topological polar surface area (TPSA) is 142 Å². The van der Waals surface area contributed by atoms with Gasteiger partial charge in [0, 0.05) is 12.1 Å². The summed E-state index contributed by atoms with van der Waals surface area (Å²) in [6, 6.07) is -0.291. The highest BCUT2D eigenvalue weighted by Gasteiger charge is 2.72. The van der Waals surface area contributed by atoms with E-state index in [9.17, 15) is 24.3 Å². The molecule has 10 heteroatoms. The molecule has 266 valence electrons.